The minimum atomic E-state index is -0.00916. The topological polar surface area (TPSA) is 76.2 Å². The first-order valence-electron chi connectivity index (χ1n) is 7.78. The molecule has 2 rings (SSSR count). The van der Waals surface area contributed by atoms with Gasteiger partial charge in [0, 0.05) is 12.6 Å². The molecule has 2 heterocycles. The van der Waals surface area contributed by atoms with Gasteiger partial charge in [0.25, 0.3) is 0 Å². The zero-order valence-electron chi connectivity index (χ0n) is 13.4. The number of likely N-dealkylation sites (tertiary alicyclic amines) is 1. The van der Waals surface area contributed by atoms with Crippen molar-refractivity contribution in [3.05, 3.63) is 11.4 Å². The number of rotatable bonds is 5. The Morgan fingerprint density at radius 1 is 1.33 bits per heavy atom. The van der Waals surface area contributed by atoms with Crippen molar-refractivity contribution in [1.82, 2.24) is 20.0 Å². The quantitative estimate of drug-likeness (QED) is 0.851. The number of amides is 1. The summed E-state index contributed by atoms with van der Waals surface area (Å²) in [5.41, 5.74) is 8.18. The van der Waals surface area contributed by atoms with Crippen LogP contribution in [0.2, 0.25) is 0 Å². The molecular formula is C15H27N5O. The van der Waals surface area contributed by atoms with Crippen molar-refractivity contribution in [2.45, 2.75) is 52.6 Å². The molecular weight excluding hydrogens is 266 g/mol. The molecule has 3 N–H and O–H groups in total. The zero-order chi connectivity index (χ0) is 15.4. The molecule has 1 atom stereocenters. The molecule has 1 aliphatic heterocycles. The van der Waals surface area contributed by atoms with Gasteiger partial charge in [-0.25, -0.2) is 0 Å². The number of nitrogen functional groups attached to an aromatic ring is 1. The number of aryl methyl sites for hydroxylation is 1. The molecule has 1 aromatic rings. The van der Waals surface area contributed by atoms with Gasteiger partial charge in [-0.3, -0.25) is 9.48 Å². The van der Waals surface area contributed by atoms with E-state index in [9.17, 15) is 4.79 Å². The summed E-state index contributed by atoms with van der Waals surface area (Å²) in [6.45, 7) is 9.25. The van der Waals surface area contributed by atoms with E-state index in [2.05, 4.69) is 22.2 Å². The van der Waals surface area contributed by atoms with Crippen LogP contribution in [0.5, 0.6) is 0 Å². The van der Waals surface area contributed by atoms with Gasteiger partial charge in [0.2, 0.25) is 5.91 Å². The highest BCUT2D eigenvalue weighted by Crippen LogP contribution is 2.14. The standard InChI is InChI=1S/C15H27N5O/c1-11(9-19-7-5-4-6-8-19)17-14(21)10-20-13(3)15(16)12(2)18-20/h11H,4-10,16H2,1-3H3,(H,17,21). The van der Waals surface area contributed by atoms with Gasteiger partial charge in [-0.2, -0.15) is 5.10 Å². The number of aromatic nitrogens is 2. The molecule has 118 valence electrons. The van der Waals surface area contributed by atoms with E-state index >= 15 is 0 Å². The van der Waals surface area contributed by atoms with Crippen molar-refractivity contribution in [3.63, 3.8) is 0 Å². The summed E-state index contributed by atoms with van der Waals surface area (Å²) in [6.07, 6.45) is 3.87. The maximum absolute atomic E-state index is 12.1. The highest BCUT2D eigenvalue weighted by atomic mass is 16.2. The fraction of sp³-hybridized carbons (Fsp3) is 0.733. The Labute approximate surface area is 126 Å². The number of nitrogens with one attached hydrogen (secondary N) is 1. The smallest absolute Gasteiger partial charge is 0.241 e. The second kappa shape index (κ2) is 6.93. The highest BCUT2D eigenvalue weighted by molar-refractivity contribution is 5.76. The van der Waals surface area contributed by atoms with Crippen LogP contribution in [0.4, 0.5) is 5.69 Å². The van der Waals surface area contributed by atoms with Crippen molar-refractivity contribution in [2.24, 2.45) is 0 Å². The van der Waals surface area contributed by atoms with Crippen LogP contribution in [0, 0.1) is 13.8 Å². The number of hydrogen-bond acceptors (Lipinski definition) is 4. The Hall–Kier alpha value is -1.56. The van der Waals surface area contributed by atoms with Gasteiger partial charge in [0.1, 0.15) is 6.54 Å². The summed E-state index contributed by atoms with van der Waals surface area (Å²) >= 11 is 0. The number of nitrogens with zero attached hydrogens (tertiary/aromatic N) is 3. The van der Waals surface area contributed by atoms with Crippen molar-refractivity contribution < 1.29 is 4.79 Å². The molecule has 0 aromatic carbocycles. The molecule has 21 heavy (non-hydrogen) atoms. The largest absolute Gasteiger partial charge is 0.396 e. The fourth-order valence-corrected chi connectivity index (χ4v) is 2.90. The molecule has 1 fully saturated rings. The van der Waals surface area contributed by atoms with Crippen LogP contribution in [0.3, 0.4) is 0 Å². The van der Waals surface area contributed by atoms with E-state index in [0.29, 0.717) is 5.69 Å². The molecule has 1 aromatic heterocycles. The van der Waals surface area contributed by atoms with Crippen LogP contribution in [-0.4, -0.2) is 46.3 Å². The summed E-state index contributed by atoms with van der Waals surface area (Å²) in [6, 6.07) is 0.157. The summed E-state index contributed by atoms with van der Waals surface area (Å²) in [4.78, 5) is 14.5. The lowest BCUT2D eigenvalue weighted by molar-refractivity contribution is -0.122. The fourth-order valence-electron chi connectivity index (χ4n) is 2.90. The van der Waals surface area contributed by atoms with E-state index in [-0.39, 0.29) is 18.5 Å². The summed E-state index contributed by atoms with van der Waals surface area (Å²) in [7, 11) is 0. The van der Waals surface area contributed by atoms with Gasteiger partial charge >= 0.3 is 0 Å². The molecule has 0 spiro atoms. The van der Waals surface area contributed by atoms with E-state index in [4.69, 9.17) is 5.73 Å². The molecule has 0 aliphatic carbocycles. The normalized spacial score (nSPS) is 17.7. The second-order valence-corrected chi connectivity index (χ2v) is 6.07. The van der Waals surface area contributed by atoms with E-state index in [0.717, 1.165) is 31.0 Å². The maximum Gasteiger partial charge on any atom is 0.241 e. The van der Waals surface area contributed by atoms with Crippen molar-refractivity contribution >= 4 is 11.6 Å². The Balaban J connectivity index is 1.81. The van der Waals surface area contributed by atoms with Crippen LogP contribution in [0.1, 0.15) is 37.6 Å². The van der Waals surface area contributed by atoms with Gasteiger partial charge in [-0.05, 0) is 46.7 Å². The molecule has 6 heteroatoms. The van der Waals surface area contributed by atoms with Crippen LogP contribution in [0.25, 0.3) is 0 Å². The maximum atomic E-state index is 12.1. The van der Waals surface area contributed by atoms with Crippen LogP contribution in [-0.2, 0) is 11.3 Å². The molecule has 1 saturated heterocycles. The summed E-state index contributed by atoms with van der Waals surface area (Å²) < 4.78 is 1.67. The average Bonchev–Trinajstić information content (AvgIpc) is 2.67. The average molecular weight is 293 g/mol. The number of nitrogens with two attached hydrogens (primary N) is 1. The SMILES string of the molecule is Cc1nn(CC(=O)NC(C)CN2CCCCC2)c(C)c1N. The molecule has 1 unspecified atom stereocenters. The number of anilines is 1. The first kappa shape index (κ1) is 15.8. The predicted octanol–water partition coefficient (Wildman–Crippen LogP) is 1.07. The number of carbonyl (C=O) groups is 1. The lowest BCUT2D eigenvalue weighted by atomic mass is 10.1. The van der Waals surface area contributed by atoms with Gasteiger partial charge in [0.05, 0.1) is 17.1 Å². The lowest BCUT2D eigenvalue weighted by Gasteiger charge is -2.29. The van der Waals surface area contributed by atoms with Crippen LogP contribution < -0.4 is 11.1 Å². The van der Waals surface area contributed by atoms with Crippen LogP contribution in [0.15, 0.2) is 0 Å². The Morgan fingerprint density at radius 2 is 2.00 bits per heavy atom. The first-order chi connectivity index (χ1) is 9.97. The molecule has 1 aliphatic rings. The van der Waals surface area contributed by atoms with Gasteiger partial charge in [0.15, 0.2) is 0 Å². The van der Waals surface area contributed by atoms with E-state index in [1.165, 1.54) is 19.3 Å². The third-order valence-electron chi connectivity index (χ3n) is 4.12. The monoisotopic (exact) mass is 293 g/mol. The summed E-state index contributed by atoms with van der Waals surface area (Å²) in [5, 5.41) is 7.34. The van der Waals surface area contributed by atoms with E-state index < -0.39 is 0 Å². The third-order valence-corrected chi connectivity index (χ3v) is 4.12. The van der Waals surface area contributed by atoms with Crippen molar-refractivity contribution in [3.8, 4) is 0 Å². The Morgan fingerprint density at radius 3 is 2.57 bits per heavy atom. The second-order valence-electron chi connectivity index (χ2n) is 6.07. The minimum absolute atomic E-state index is 0.00916. The molecule has 6 nitrogen and oxygen atoms in total. The number of hydrogen-bond donors (Lipinski definition) is 2. The van der Waals surface area contributed by atoms with Crippen molar-refractivity contribution in [1.29, 1.82) is 0 Å². The predicted molar refractivity (Wildman–Crippen MR) is 84.0 cm³/mol. The molecule has 0 radical (unpaired) electrons. The third kappa shape index (κ3) is 4.20. The Kier molecular flexibility index (Phi) is 5.22. The Bertz CT molecular complexity index is 490. The lowest BCUT2D eigenvalue weighted by Crippen LogP contribution is -2.44. The minimum Gasteiger partial charge on any atom is -0.396 e. The van der Waals surface area contributed by atoms with Gasteiger partial charge in [-0.1, -0.05) is 6.42 Å². The molecule has 1 amide bonds. The van der Waals surface area contributed by atoms with Crippen LogP contribution >= 0.6 is 0 Å². The molecule has 0 saturated carbocycles. The molecule has 0 bridgehead atoms. The zero-order valence-corrected chi connectivity index (χ0v) is 13.4. The number of piperidine rings is 1. The number of carbonyl (C=O) groups excluding carboxylic acids is 1. The van der Waals surface area contributed by atoms with Crippen molar-refractivity contribution in [2.75, 3.05) is 25.4 Å². The van der Waals surface area contributed by atoms with E-state index in [1.54, 1.807) is 4.68 Å². The summed E-state index contributed by atoms with van der Waals surface area (Å²) in [5.74, 6) is -0.00916. The first-order valence-corrected chi connectivity index (χ1v) is 7.78. The van der Waals surface area contributed by atoms with Gasteiger partial charge in [-0.15, -0.1) is 0 Å². The van der Waals surface area contributed by atoms with E-state index in [1.807, 2.05) is 13.8 Å². The van der Waals surface area contributed by atoms with Gasteiger partial charge < -0.3 is 16.0 Å². The highest BCUT2D eigenvalue weighted by Gasteiger charge is 2.16.